The second-order valence-corrected chi connectivity index (χ2v) is 2.96. The standard InChI is InChI=1S/C2H4N2S3/c5-2-1-7-4(6)3-2/h1,3,5-6H. The van der Waals surface area contributed by atoms with Gasteiger partial charge in [-0.2, -0.15) is 0 Å². The van der Waals surface area contributed by atoms with Crippen molar-refractivity contribution in [1.82, 2.24) is 9.25 Å². The number of nitrogens with one attached hydrogen (secondary N) is 1. The normalized spacial score (nSPS) is 21.7. The van der Waals surface area contributed by atoms with Crippen molar-refractivity contribution in [1.29, 1.82) is 0 Å². The molecular formula is C2H4N2S3. The fourth-order valence-corrected chi connectivity index (χ4v) is 1.29. The van der Waals surface area contributed by atoms with Gasteiger partial charge in [0.2, 0.25) is 0 Å². The minimum atomic E-state index is 0.833. The molecule has 0 spiro atoms. The van der Waals surface area contributed by atoms with Gasteiger partial charge in [-0.3, -0.25) is 5.43 Å². The van der Waals surface area contributed by atoms with Crippen LogP contribution in [0.4, 0.5) is 0 Å². The van der Waals surface area contributed by atoms with Crippen LogP contribution in [-0.4, -0.2) is 3.82 Å². The van der Waals surface area contributed by atoms with Gasteiger partial charge in [0.15, 0.2) is 0 Å². The Kier molecular flexibility index (Phi) is 1.80. The molecule has 0 aliphatic carbocycles. The Hall–Kier alpha value is 0.550. The molecule has 0 amide bonds. The van der Waals surface area contributed by atoms with Crippen molar-refractivity contribution in [3.05, 3.63) is 10.4 Å². The van der Waals surface area contributed by atoms with Crippen LogP contribution in [0.3, 0.4) is 0 Å². The van der Waals surface area contributed by atoms with E-state index in [1.807, 2.05) is 5.41 Å². The van der Waals surface area contributed by atoms with Crippen molar-refractivity contribution >= 4 is 37.4 Å². The third kappa shape index (κ3) is 1.49. The van der Waals surface area contributed by atoms with Gasteiger partial charge in [-0.15, -0.1) is 16.4 Å². The lowest BCUT2D eigenvalue weighted by molar-refractivity contribution is 0.667. The molecule has 40 valence electrons. The van der Waals surface area contributed by atoms with Crippen molar-refractivity contribution in [3.63, 3.8) is 0 Å². The minimum absolute atomic E-state index is 0.833. The van der Waals surface area contributed by atoms with Crippen LogP contribution in [0.5, 0.6) is 0 Å². The summed E-state index contributed by atoms with van der Waals surface area (Å²) in [6, 6.07) is 0. The lowest BCUT2D eigenvalue weighted by atomic mass is 11.0. The highest BCUT2D eigenvalue weighted by atomic mass is 32.2. The third-order valence-corrected chi connectivity index (χ3v) is 1.89. The van der Waals surface area contributed by atoms with Crippen LogP contribution < -0.4 is 5.43 Å². The molecule has 0 aromatic heterocycles. The van der Waals surface area contributed by atoms with E-state index in [1.165, 1.54) is 11.9 Å². The highest BCUT2D eigenvalue weighted by Crippen LogP contribution is 2.21. The fraction of sp³-hybridized carbons (Fsp3) is 0. The topological polar surface area (TPSA) is 15.3 Å². The first-order valence-corrected chi connectivity index (χ1v) is 3.29. The van der Waals surface area contributed by atoms with Crippen LogP contribution in [-0.2, 0) is 0 Å². The van der Waals surface area contributed by atoms with Crippen molar-refractivity contribution in [3.8, 4) is 0 Å². The quantitative estimate of drug-likeness (QED) is 0.355. The summed E-state index contributed by atoms with van der Waals surface area (Å²) < 4.78 is 1.57. The van der Waals surface area contributed by atoms with Crippen LogP contribution in [0.1, 0.15) is 0 Å². The van der Waals surface area contributed by atoms with Gasteiger partial charge in [-0.1, -0.05) is 12.8 Å². The molecule has 0 saturated carbocycles. The Morgan fingerprint density at radius 3 is 2.71 bits per heavy atom. The van der Waals surface area contributed by atoms with Gasteiger partial charge < -0.3 is 0 Å². The SMILES string of the molecule is SC1=CSN(S)N1. The Balaban J connectivity index is 2.42. The summed E-state index contributed by atoms with van der Waals surface area (Å²) in [7, 11) is 0. The highest BCUT2D eigenvalue weighted by Gasteiger charge is 2.04. The molecule has 2 nitrogen and oxygen atoms in total. The summed E-state index contributed by atoms with van der Waals surface area (Å²) in [5, 5.41) is 2.69. The first-order valence-electron chi connectivity index (χ1n) is 1.60. The molecule has 0 fully saturated rings. The van der Waals surface area contributed by atoms with Gasteiger partial charge >= 0.3 is 0 Å². The number of hydrazine groups is 1. The van der Waals surface area contributed by atoms with Crippen molar-refractivity contribution < 1.29 is 0 Å². The number of nitrogens with zero attached hydrogens (tertiary/aromatic N) is 1. The van der Waals surface area contributed by atoms with Crippen molar-refractivity contribution in [2.75, 3.05) is 0 Å². The Morgan fingerprint density at radius 2 is 2.57 bits per heavy atom. The van der Waals surface area contributed by atoms with Gasteiger partial charge in [0.05, 0.1) is 5.03 Å². The highest BCUT2D eigenvalue weighted by molar-refractivity contribution is 8.08. The molecule has 0 radical (unpaired) electrons. The number of rotatable bonds is 0. The van der Waals surface area contributed by atoms with E-state index in [-0.39, 0.29) is 0 Å². The molecule has 1 rings (SSSR count). The van der Waals surface area contributed by atoms with Crippen LogP contribution in [0.2, 0.25) is 0 Å². The summed E-state index contributed by atoms with van der Waals surface area (Å²) >= 11 is 9.38. The van der Waals surface area contributed by atoms with Crippen molar-refractivity contribution in [2.45, 2.75) is 0 Å². The zero-order valence-corrected chi connectivity index (χ0v) is 5.93. The molecule has 0 atom stereocenters. The maximum atomic E-state index is 3.99. The summed E-state index contributed by atoms with van der Waals surface area (Å²) in [5.74, 6) is 0. The van der Waals surface area contributed by atoms with E-state index in [0.717, 1.165) is 5.03 Å². The van der Waals surface area contributed by atoms with Gasteiger partial charge in [0.1, 0.15) is 0 Å². The summed E-state index contributed by atoms with van der Waals surface area (Å²) in [6.07, 6.45) is 0. The van der Waals surface area contributed by atoms with E-state index in [1.54, 1.807) is 3.82 Å². The largest absolute Gasteiger partial charge is 0.293 e. The lowest BCUT2D eigenvalue weighted by Crippen LogP contribution is -2.14. The van der Waals surface area contributed by atoms with E-state index < -0.39 is 0 Å². The van der Waals surface area contributed by atoms with Crippen LogP contribution in [0, 0.1) is 0 Å². The van der Waals surface area contributed by atoms with Gasteiger partial charge in [0.25, 0.3) is 0 Å². The Morgan fingerprint density at radius 1 is 1.86 bits per heavy atom. The van der Waals surface area contributed by atoms with Crippen LogP contribution in [0.25, 0.3) is 0 Å². The monoisotopic (exact) mass is 152 g/mol. The lowest BCUT2D eigenvalue weighted by Gasteiger charge is -2.03. The number of hydrogen-bond donors (Lipinski definition) is 3. The molecule has 0 aromatic carbocycles. The second-order valence-electron chi connectivity index (χ2n) is 0.993. The van der Waals surface area contributed by atoms with Gasteiger partial charge in [0, 0.05) is 5.41 Å². The Labute approximate surface area is 57.4 Å². The van der Waals surface area contributed by atoms with Crippen LogP contribution in [0.15, 0.2) is 10.4 Å². The minimum Gasteiger partial charge on any atom is -0.293 e. The predicted molar refractivity (Wildman–Crippen MR) is 38.6 cm³/mol. The Bertz CT molecular complexity index is 101. The van der Waals surface area contributed by atoms with E-state index in [2.05, 4.69) is 30.9 Å². The zero-order valence-electron chi connectivity index (χ0n) is 3.33. The van der Waals surface area contributed by atoms with Crippen LogP contribution >= 0.6 is 37.4 Å². The predicted octanol–water partition coefficient (Wildman–Crippen LogP) is 1.03. The summed E-state index contributed by atoms with van der Waals surface area (Å²) in [6.45, 7) is 0. The smallest absolute Gasteiger partial charge is 0.0888 e. The third-order valence-electron chi connectivity index (χ3n) is 0.474. The van der Waals surface area contributed by atoms with E-state index in [4.69, 9.17) is 0 Å². The van der Waals surface area contributed by atoms with Crippen molar-refractivity contribution in [2.24, 2.45) is 0 Å². The van der Waals surface area contributed by atoms with Gasteiger partial charge in [-0.05, 0) is 11.9 Å². The molecular weight excluding hydrogens is 148 g/mol. The first-order chi connectivity index (χ1) is 3.29. The molecule has 5 heteroatoms. The molecule has 0 aromatic rings. The number of thiol groups is 2. The average Bonchev–Trinajstić information content (AvgIpc) is 1.87. The second kappa shape index (κ2) is 2.21. The maximum Gasteiger partial charge on any atom is 0.0888 e. The molecule has 1 heterocycles. The number of hydrogen-bond acceptors (Lipinski definition) is 5. The summed E-state index contributed by atoms with van der Waals surface area (Å²) in [5.41, 5.74) is 2.80. The fourth-order valence-electron chi connectivity index (χ4n) is 0.251. The zero-order chi connectivity index (χ0) is 5.28. The molecule has 1 aliphatic heterocycles. The molecule has 0 bridgehead atoms. The molecule has 0 saturated heterocycles. The average molecular weight is 152 g/mol. The van der Waals surface area contributed by atoms with Gasteiger partial charge in [-0.25, -0.2) is 0 Å². The van der Waals surface area contributed by atoms with E-state index >= 15 is 0 Å². The molecule has 0 unspecified atom stereocenters. The first kappa shape index (κ1) is 5.68. The maximum absolute atomic E-state index is 3.99. The molecule has 1 aliphatic rings. The van der Waals surface area contributed by atoms with E-state index in [0.29, 0.717) is 0 Å². The van der Waals surface area contributed by atoms with E-state index in [9.17, 15) is 0 Å². The molecule has 1 N–H and O–H groups in total. The molecule has 7 heavy (non-hydrogen) atoms. The summed E-state index contributed by atoms with van der Waals surface area (Å²) in [4.78, 5) is 0.